The normalized spacial score (nSPS) is 19.6. The van der Waals surface area contributed by atoms with Crippen LogP contribution in [0.3, 0.4) is 0 Å². The molecular weight excluding hydrogens is 274 g/mol. The molecule has 1 aromatic heterocycles. The SMILES string of the molecule is O=C(O)C=Cc1csc(CN2CCCS2(=O)=O)c1. The summed E-state index contributed by atoms with van der Waals surface area (Å²) < 4.78 is 24.7. The minimum absolute atomic E-state index is 0.226. The second-order valence-electron chi connectivity index (χ2n) is 4.02. The number of hydrogen-bond acceptors (Lipinski definition) is 4. The van der Waals surface area contributed by atoms with Crippen LogP contribution in [0.2, 0.25) is 0 Å². The standard InChI is InChI=1S/C11H13NO4S2/c13-11(14)3-2-9-6-10(17-8-9)7-12-4-1-5-18(12,15)16/h2-3,6,8H,1,4-5,7H2,(H,13,14). The fourth-order valence-corrected chi connectivity index (χ4v) is 4.22. The zero-order valence-electron chi connectivity index (χ0n) is 9.57. The topological polar surface area (TPSA) is 74.7 Å². The van der Waals surface area contributed by atoms with Crippen LogP contribution in [0, 0.1) is 0 Å². The maximum atomic E-state index is 11.6. The molecule has 18 heavy (non-hydrogen) atoms. The number of nitrogens with zero attached hydrogens (tertiary/aromatic N) is 1. The van der Waals surface area contributed by atoms with Crippen LogP contribution < -0.4 is 0 Å². The number of carboxylic acid groups (broad SMARTS) is 1. The lowest BCUT2D eigenvalue weighted by Gasteiger charge is -2.12. The average Bonchev–Trinajstić information content (AvgIpc) is 2.84. The Morgan fingerprint density at radius 2 is 2.33 bits per heavy atom. The molecule has 1 aliphatic heterocycles. The molecule has 0 spiro atoms. The maximum absolute atomic E-state index is 11.6. The third-order valence-corrected chi connectivity index (χ3v) is 5.47. The van der Waals surface area contributed by atoms with E-state index in [9.17, 15) is 13.2 Å². The van der Waals surface area contributed by atoms with Crippen molar-refractivity contribution in [2.24, 2.45) is 0 Å². The molecule has 0 bridgehead atoms. The van der Waals surface area contributed by atoms with Gasteiger partial charge < -0.3 is 5.11 Å². The van der Waals surface area contributed by atoms with E-state index < -0.39 is 16.0 Å². The van der Waals surface area contributed by atoms with Gasteiger partial charge in [0.05, 0.1) is 5.75 Å². The maximum Gasteiger partial charge on any atom is 0.328 e. The molecule has 1 fully saturated rings. The van der Waals surface area contributed by atoms with Crippen molar-refractivity contribution in [3.05, 3.63) is 28.0 Å². The number of sulfonamides is 1. The fraction of sp³-hybridized carbons (Fsp3) is 0.364. The van der Waals surface area contributed by atoms with Gasteiger partial charge in [0.25, 0.3) is 0 Å². The second kappa shape index (κ2) is 5.21. The van der Waals surface area contributed by atoms with E-state index in [0.29, 0.717) is 19.5 Å². The van der Waals surface area contributed by atoms with Crippen molar-refractivity contribution in [2.45, 2.75) is 13.0 Å². The Morgan fingerprint density at radius 1 is 1.56 bits per heavy atom. The summed E-state index contributed by atoms with van der Waals surface area (Å²) in [5, 5.41) is 10.3. The number of aliphatic carboxylic acids is 1. The van der Waals surface area contributed by atoms with Crippen LogP contribution in [0.5, 0.6) is 0 Å². The van der Waals surface area contributed by atoms with Crippen molar-refractivity contribution < 1.29 is 18.3 Å². The lowest BCUT2D eigenvalue weighted by atomic mass is 10.3. The predicted molar refractivity (Wildman–Crippen MR) is 69.8 cm³/mol. The first kappa shape index (κ1) is 13.3. The van der Waals surface area contributed by atoms with Gasteiger partial charge in [0.15, 0.2) is 0 Å². The molecule has 7 heteroatoms. The molecule has 0 aliphatic carbocycles. The summed E-state index contributed by atoms with van der Waals surface area (Å²) in [4.78, 5) is 11.3. The van der Waals surface area contributed by atoms with E-state index in [-0.39, 0.29) is 5.75 Å². The van der Waals surface area contributed by atoms with Gasteiger partial charge in [-0.1, -0.05) is 0 Å². The molecule has 1 N–H and O–H groups in total. The molecule has 2 heterocycles. The van der Waals surface area contributed by atoms with Gasteiger partial charge in [-0.3, -0.25) is 0 Å². The Balaban J connectivity index is 2.05. The average molecular weight is 287 g/mol. The second-order valence-corrected chi connectivity index (χ2v) is 7.11. The van der Waals surface area contributed by atoms with Gasteiger partial charge in [-0.15, -0.1) is 11.3 Å². The molecule has 98 valence electrons. The molecule has 0 radical (unpaired) electrons. The van der Waals surface area contributed by atoms with Crippen LogP contribution in [0.15, 0.2) is 17.5 Å². The van der Waals surface area contributed by atoms with Crippen molar-refractivity contribution >= 4 is 33.4 Å². The number of carbonyl (C=O) groups is 1. The zero-order valence-corrected chi connectivity index (χ0v) is 11.2. The first-order valence-corrected chi connectivity index (χ1v) is 7.92. The van der Waals surface area contributed by atoms with Crippen molar-refractivity contribution in [2.75, 3.05) is 12.3 Å². The Kier molecular flexibility index (Phi) is 3.84. The van der Waals surface area contributed by atoms with Crippen molar-refractivity contribution in [3.8, 4) is 0 Å². The summed E-state index contributed by atoms with van der Waals surface area (Å²) in [5.74, 6) is -0.769. The number of rotatable bonds is 4. The minimum Gasteiger partial charge on any atom is -0.478 e. The fourth-order valence-electron chi connectivity index (χ4n) is 1.78. The highest BCUT2D eigenvalue weighted by atomic mass is 32.2. The lowest BCUT2D eigenvalue weighted by molar-refractivity contribution is -0.131. The molecule has 1 saturated heterocycles. The highest BCUT2D eigenvalue weighted by molar-refractivity contribution is 7.89. The Morgan fingerprint density at radius 3 is 2.94 bits per heavy atom. The molecule has 2 rings (SSSR count). The van der Waals surface area contributed by atoms with Crippen LogP contribution in [-0.4, -0.2) is 36.1 Å². The van der Waals surface area contributed by atoms with Gasteiger partial charge in [-0.2, -0.15) is 4.31 Å². The van der Waals surface area contributed by atoms with Crippen molar-refractivity contribution in [1.82, 2.24) is 4.31 Å². The van der Waals surface area contributed by atoms with Crippen LogP contribution in [0.1, 0.15) is 16.9 Å². The summed E-state index contributed by atoms with van der Waals surface area (Å²) in [6.45, 7) is 0.953. The number of hydrogen-bond donors (Lipinski definition) is 1. The molecule has 1 aliphatic rings. The molecule has 0 atom stereocenters. The third-order valence-electron chi connectivity index (χ3n) is 2.63. The third kappa shape index (κ3) is 3.18. The van der Waals surface area contributed by atoms with E-state index in [4.69, 9.17) is 5.11 Å². The largest absolute Gasteiger partial charge is 0.478 e. The van der Waals surface area contributed by atoms with Gasteiger partial charge in [0.2, 0.25) is 10.0 Å². The Hall–Kier alpha value is -1.18. The van der Waals surface area contributed by atoms with E-state index in [0.717, 1.165) is 16.5 Å². The summed E-state index contributed by atoms with van der Waals surface area (Å²) in [6.07, 6.45) is 3.25. The van der Waals surface area contributed by atoms with Gasteiger partial charge in [0, 0.05) is 24.0 Å². The van der Waals surface area contributed by atoms with Gasteiger partial charge in [0.1, 0.15) is 0 Å². The van der Waals surface area contributed by atoms with Gasteiger partial charge in [-0.25, -0.2) is 13.2 Å². The molecule has 0 aromatic carbocycles. The van der Waals surface area contributed by atoms with Crippen LogP contribution in [0.25, 0.3) is 6.08 Å². The molecule has 0 amide bonds. The van der Waals surface area contributed by atoms with E-state index in [1.165, 1.54) is 21.7 Å². The molecular formula is C11H13NO4S2. The van der Waals surface area contributed by atoms with E-state index >= 15 is 0 Å². The quantitative estimate of drug-likeness (QED) is 0.849. The number of thiophene rings is 1. The van der Waals surface area contributed by atoms with Gasteiger partial charge in [-0.05, 0) is 29.5 Å². The molecule has 0 saturated carbocycles. The summed E-state index contributed by atoms with van der Waals surface area (Å²) in [6, 6.07) is 1.82. The van der Waals surface area contributed by atoms with Crippen molar-refractivity contribution in [3.63, 3.8) is 0 Å². The monoisotopic (exact) mass is 287 g/mol. The molecule has 5 nitrogen and oxygen atoms in total. The van der Waals surface area contributed by atoms with Gasteiger partial charge >= 0.3 is 5.97 Å². The lowest BCUT2D eigenvalue weighted by Crippen LogP contribution is -2.24. The highest BCUT2D eigenvalue weighted by Crippen LogP contribution is 2.22. The smallest absolute Gasteiger partial charge is 0.328 e. The van der Waals surface area contributed by atoms with Crippen molar-refractivity contribution in [1.29, 1.82) is 0 Å². The predicted octanol–water partition coefficient (Wildman–Crippen LogP) is 1.38. The van der Waals surface area contributed by atoms with Crippen LogP contribution in [0.4, 0.5) is 0 Å². The highest BCUT2D eigenvalue weighted by Gasteiger charge is 2.28. The Bertz CT molecular complexity index is 574. The molecule has 1 aromatic rings. The van der Waals surface area contributed by atoms with Crippen LogP contribution >= 0.6 is 11.3 Å². The zero-order chi connectivity index (χ0) is 13.2. The first-order chi connectivity index (χ1) is 8.47. The summed E-state index contributed by atoms with van der Waals surface area (Å²) in [5.41, 5.74) is 0.786. The Labute approximate surface area is 109 Å². The summed E-state index contributed by atoms with van der Waals surface area (Å²) >= 11 is 1.44. The summed E-state index contributed by atoms with van der Waals surface area (Å²) in [7, 11) is -3.07. The molecule has 0 unspecified atom stereocenters. The number of carboxylic acids is 1. The van der Waals surface area contributed by atoms with E-state index in [2.05, 4.69) is 0 Å². The first-order valence-electron chi connectivity index (χ1n) is 5.43. The minimum atomic E-state index is -3.07. The van der Waals surface area contributed by atoms with Crippen LogP contribution in [-0.2, 0) is 21.4 Å². The van der Waals surface area contributed by atoms with E-state index in [1.807, 2.05) is 11.4 Å². The van der Waals surface area contributed by atoms with E-state index in [1.54, 1.807) is 0 Å².